The average Bonchev–Trinajstić information content (AvgIpc) is 2.81. The molecule has 2 heterocycles. The number of aromatic hydroxyl groups is 1. The van der Waals surface area contributed by atoms with Gasteiger partial charge in [0.25, 0.3) is 0 Å². The zero-order valence-corrected chi connectivity index (χ0v) is 19.2. The van der Waals surface area contributed by atoms with Gasteiger partial charge in [-0.25, -0.2) is 4.79 Å². The monoisotopic (exact) mass is 450 g/mol. The van der Waals surface area contributed by atoms with E-state index in [1.54, 1.807) is 6.92 Å². The number of fused-ring (bicyclic) bond motifs is 1. The van der Waals surface area contributed by atoms with Gasteiger partial charge in [0.1, 0.15) is 11.3 Å². The number of para-hydroxylation sites is 1. The molecule has 0 saturated carbocycles. The molecule has 3 aromatic rings. The standard InChI is InChI=1S/C26H30N2O5/c1-3-32-23(29)10-9-19-16-21-18(2)15-24(30)33-26(21)22(25(19)31)17-27-11-13-28(14-12-27)20-7-5-4-6-8-20/h4-8,15-16,31H,3,9-14,17H2,1-2H3. The summed E-state index contributed by atoms with van der Waals surface area (Å²) in [7, 11) is 0. The van der Waals surface area contributed by atoms with Gasteiger partial charge < -0.3 is 19.2 Å². The molecule has 1 aliphatic heterocycles. The fraction of sp³-hybridized carbons (Fsp3) is 0.385. The highest BCUT2D eigenvalue weighted by Crippen LogP contribution is 2.34. The van der Waals surface area contributed by atoms with Crippen molar-refractivity contribution in [3.05, 3.63) is 69.6 Å². The van der Waals surface area contributed by atoms with Crippen molar-refractivity contribution in [3.8, 4) is 5.75 Å². The lowest BCUT2D eigenvalue weighted by atomic mass is 9.98. The maximum Gasteiger partial charge on any atom is 0.336 e. The molecule has 0 radical (unpaired) electrons. The fourth-order valence-electron chi connectivity index (χ4n) is 4.40. The van der Waals surface area contributed by atoms with Crippen LogP contribution in [0.25, 0.3) is 11.0 Å². The zero-order valence-electron chi connectivity index (χ0n) is 19.2. The van der Waals surface area contributed by atoms with Crippen LogP contribution in [0.5, 0.6) is 5.75 Å². The van der Waals surface area contributed by atoms with Crippen LogP contribution >= 0.6 is 0 Å². The summed E-state index contributed by atoms with van der Waals surface area (Å²) in [4.78, 5) is 28.6. The van der Waals surface area contributed by atoms with Gasteiger partial charge in [-0.15, -0.1) is 0 Å². The first-order valence-corrected chi connectivity index (χ1v) is 11.4. The third kappa shape index (κ3) is 5.20. The van der Waals surface area contributed by atoms with Gasteiger partial charge in [0.05, 0.1) is 12.2 Å². The SMILES string of the molecule is CCOC(=O)CCc1cc2c(C)cc(=O)oc2c(CN2CCN(c3ccccc3)CC2)c1O. The van der Waals surface area contributed by atoms with E-state index in [-0.39, 0.29) is 18.1 Å². The molecule has 2 aromatic carbocycles. The minimum atomic E-state index is -0.436. The number of phenolic OH excluding ortho intramolecular Hbond substituents is 1. The van der Waals surface area contributed by atoms with Crippen molar-refractivity contribution in [3.63, 3.8) is 0 Å². The van der Waals surface area contributed by atoms with E-state index < -0.39 is 5.63 Å². The molecule has 0 unspecified atom stereocenters. The second-order valence-corrected chi connectivity index (χ2v) is 8.39. The number of nitrogens with zero attached hydrogens (tertiary/aromatic N) is 2. The van der Waals surface area contributed by atoms with Crippen molar-refractivity contribution in [2.45, 2.75) is 33.2 Å². The Morgan fingerprint density at radius 2 is 1.85 bits per heavy atom. The number of anilines is 1. The minimum absolute atomic E-state index is 0.0889. The molecule has 1 aromatic heterocycles. The molecule has 0 spiro atoms. The third-order valence-electron chi connectivity index (χ3n) is 6.17. The highest BCUT2D eigenvalue weighted by molar-refractivity contribution is 5.86. The molecule has 0 bridgehead atoms. The van der Waals surface area contributed by atoms with Gasteiger partial charge >= 0.3 is 11.6 Å². The predicted octanol–water partition coefficient (Wildman–Crippen LogP) is 3.62. The summed E-state index contributed by atoms with van der Waals surface area (Å²) in [5.41, 5.74) is 3.23. The second-order valence-electron chi connectivity index (χ2n) is 8.39. The van der Waals surface area contributed by atoms with Gasteiger partial charge in [0.2, 0.25) is 0 Å². The Bertz CT molecular complexity index is 1180. The summed E-state index contributed by atoms with van der Waals surface area (Å²) in [5.74, 6) is -0.210. The van der Waals surface area contributed by atoms with Crippen LogP contribution in [0.1, 0.15) is 30.0 Å². The number of benzene rings is 2. The van der Waals surface area contributed by atoms with Crippen molar-refractivity contribution < 1.29 is 19.1 Å². The van der Waals surface area contributed by atoms with Gasteiger partial charge in [-0.2, -0.15) is 0 Å². The summed E-state index contributed by atoms with van der Waals surface area (Å²) < 4.78 is 10.6. The Hall–Kier alpha value is -3.32. The van der Waals surface area contributed by atoms with Gasteiger partial charge in [-0.05, 0) is 49.6 Å². The minimum Gasteiger partial charge on any atom is -0.507 e. The maximum absolute atomic E-state index is 12.1. The molecule has 7 nitrogen and oxygen atoms in total. The van der Waals surface area contributed by atoms with Gasteiger partial charge in [-0.3, -0.25) is 9.69 Å². The van der Waals surface area contributed by atoms with Crippen LogP contribution in [-0.4, -0.2) is 48.8 Å². The average molecular weight is 451 g/mol. The van der Waals surface area contributed by atoms with Gasteiger partial charge in [-0.1, -0.05) is 18.2 Å². The second kappa shape index (κ2) is 10.1. The van der Waals surface area contributed by atoms with E-state index in [1.807, 2.05) is 31.2 Å². The molecule has 7 heteroatoms. The van der Waals surface area contributed by atoms with Crippen LogP contribution < -0.4 is 10.5 Å². The number of aryl methyl sites for hydroxylation is 2. The molecule has 1 aliphatic rings. The number of carbonyl (C=O) groups excluding carboxylic acids is 1. The maximum atomic E-state index is 12.1. The normalized spacial score (nSPS) is 14.5. The van der Waals surface area contributed by atoms with Crippen LogP contribution in [0.15, 0.2) is 51.7 Å². The Morgan fingerprint density at radius 1 is 1.12 bits per heavy atom. The molecule has 33 heavy (non-hydrogen) atoms. The summed E-state index contributed by atoms with van der Waals surface area (Å²) in [6.45, 7) is 7.79. The molecular weight excluding hydrogens is 420 g/mol. The molecule has 0 amide bonds. The molecular formula is C26H30N2O5. The first-order valence-electron chi connectivity index (χ1n) is 11.4. The van der Waals surface area contributed by atoms with Gasteiger partial charge in [0, 0.05) is 56.3 Å². The Balaban J connectivity index is 1.59. The van der Waals surface area contributed by atoms with E-state index in [9.17, 15) is 14.7 Å². The van der Waals surface area contributed by atoms with Crippen molar-refractivity contribution in [2.24, 2.45) is 0 Å². The smallest absolute Gasteiger partial charge is 0.336 e. The van der Waals surface area contributed by atoms with E-state index in [4.69, 9.17) is 9.15 Å². The number of phenols is 1. The zero-order chi connectivity index (χ0) is 23.4. The fourth-order valence-corrected chi connectivity index (χ4v) is 4.40. The number of ether oxygens (including phenoxy) is 1. The summed E-state index contributed by atoms with van der Waals surface area (Å²) in [6, 6.07) is 13.6. The predicted molar refractivity (Wildman–Crippen MR) is 128 cm³/mol. The number of esters is 1. The molecule has 1 N–H and O–H groups in total. The number of hydrogen-bond donors (Lipinski definition) is 1. The molecule has 0 atom stereocenters. The third-order valence-corrected chi connectivity index (χ3v) is 6.17. The van der Waals surface area contributed by atoms with E-state index in [0.717, 1.165) is 37.1 Å². The lowest BCUT2D eigenvalue weighted by molar-refractivity contribution is -0.143. The largest absolute Gasteiger partial charge is 0.507 e. The number of piperazine rings is 1. The van der Waals surface area contributed by atoms with E-state index >= 15 is 0 Å². The van der Waals surface area contributed by atoms with Crippen molar-refractivity contribution in [1.82, 2.24) is 4.90 Å². The lowest BCUT2D eigenvalue weighted by Crippen LogP contribution is -2.46. The molecule has 1 fully saturated rings. The van der Waals surface area contributed by atoms with Crippen LogP contribution in [0.4, 0.5) is 5.69 Å². The number of rotatable bonds is 7. The summed E-state index contributed by atoms with van der Waals surface area (Å²) in [5, 5.41) is 11.9. The van der Waals surface area contributed by atoms with E-state index in [2.05, 4.69) is 21.9 Å². The van der Waals surface area contributed by atoms with Crippen LogP contribution in [0, 0.1) is 6.92 Å². The molecule has 0 aliphatic carbocycles. The topological polar surface area (TPSA) is 83.2 Å². The number of hydrogen-bond acceptors (Lipinski definition) is 7. The molecule has 1 saturated heterocycles. The Morgan fingerprint density at radius 3 is 2.55 bits per heavy atom. The Labute approximate surface area is 193 Å². The van der Waals surface area contributed by atoms with Crippen LogP contribution in [0.2, 0.25) is 0 Å². The first kappa shape index (κ1) is 22.9. The Kier molecular flexibility index (Phi) is 6.99. The summed E-state index contributed by atoms with van der Waals surface area (Å²) >= 11 is 0. The van der Waals surface area contributed by atoms with Crippen LogP contribution in [-0.2, 0) is 22.5 Å². The first-order chi connectivity index (χ1) is 16.0. The highest BCUT2D eigenvalue weighted by atomic mass is 16.5. The van der Waals surface area contributed by atoms with Gasteiger partial charge in [0.15, 0.2) is 0 Å². The number of carbonyl (C=O) groups is 1. The highest BCUT2D eigenvalue weighted by Gasteiger charge is 2.23. The van der Waals surface area contributed by atoms with Crippen LogP contribution in [0.3, 0.4) is 0 Å². The molecule has 4 rings (SSSR count). The molecule has 174 valence electrons. The van der Waals surface area contributed by atoms with E-state index in [0.29, 0.717) is 36.3 Å². The summed E-state index contributed by atoms with van der Waals surface area (Å²) in [6.07, 6.45) is 0.534. The van der Waals surface area contributed by atoms with E-state index in [1.165, 1.54) is 11.8 Å². The van der Waals surface area contributed by atoms with Crippen molar-refractivity contribution in [1.29, 1.82) is 0 Å². The van der Waals surface area contributed by atoms with Crippen molar-refractivity contribution >= 4 is 22.6 Å². The van der Waals surface area contributed by atoms with Crippen molar-refractivity contribution in [2.75, 3.05) is 37.7 Å². The quantitative estimate of drug-likeness (QED) is 0.435. The lowest BCUT2D eigenvalue weighted by Gasteiger charge is -2.36.